The normalized spacial score (nSPS) is 11.0. The third-order valence-corrected chi connectivity index (χ3v) is 1.44. The number of rotatable bonds is 2. The summed E-state index contributed by atoms with van der Waals surface area (Å²) >= 11 is 3.19. The van der Waals surface area contributed by atoms with Crippen LogP contribution in [0.5, 0.6) is 0 Å². The molecule has 0 radical (unpaired) electrons. The van der Waals surface area contributed by atoms with Gasteiger partial charge in [-0.05, 0) is 34.1 Å². The fraction of sp³-hybridized carbons (Fsp3) is 0.143. The van der Waals surface area contributed by atoms with Crippen LogP contribution in [-0.4, -0.2) is 6.54 Å². The summed E-state index contributed by atoms with van der Waals surface area (Å²) in [7, 11) is 0. The molecule has 0 fully saturated rings. The van der Waals surface area contributed by atoms with Crippen LogP contribution in [0.2, 0.25) is 0 Å². The van der Waals surface area contributed by atoms with Gasteiger partial charge in [0.2, 0.25) is 0 Å². The van der Waals surface area contributed by atoms with E-state index in [0.29, 0.717) is 6.54 Å². The van der Waals surface area contributed by atoms with Crippen LogP contribution >= 0.6 is 15.9 Å². The van der Waals surface area contributed by atoms with E-state index in [9.17, 15) is 0 Å². The first kappa shape index (κ1) is 7.57. The van der Waals surface area contributed by atoms with Crippen LogP contribution < -0.4 is 5.73 Å². The molecule has 1 aromatic heterocycles. The van der Waals surface area contributed by atoms with Gasteiger partial charge in [-0.3, -0.25) is 0 Å². The summed E-state index contributed by atoms with van der Waals surface area (Å²) in [4.78, 5) is 0. The molecule has 0 amide bonds. The zero-order valence-electron chi connectivity index (χ0n) is 5.38. The van der Waals surface area contributed by atoms with Crippen LogP contribution in [0.25, 0.3) is 6.08 Å². The van der Waals surface area contributed by atoms with Gasteiger partial charge in [-0.2, -0.15) is 0 Å². The third-order valence-electron chi connectivity index (χ3n) is 1.01. The van der Waals surface area contributed by atoms with E-state index in [0.717, 1.165) is 10.4 Å². The Hall–Kier alpha value is -0.540. The zero-order valence-corrected chi connectivity index (χ0v) is 6.97. The van der Waals surface area contributed by atoms with Crippen LogP contribution in [0, 0.1) is 0 Å². The number of hydrogen-bond acceptors (Lipinski definition) is 2. The van der Waals surface area contributed by atoms with E-state index in [1.54, 1.807) is 0 Å². The summed E-state index contributed by atoms with van der Waals surface area (Å²) in [5.74, 6) is 0.817. The third kappa shape index (κ3) is 2.01. The zero-order chi connectivity index (χ0) is 7.40. The molecule has 1 aromatic rings. The first-order valence-corrected chi connectivity index (χ1v) is 3.74. The van der Waals surface area contributed by atoms with Crippen molar-refractivity contribution in [3.63, 3.8) is 0 Å². The van der Waals surface area contributed by atoms with Crippen molar-refractivity contribution < 1.29 is 4.42 Å². The molecule has 1 rings (SSSR count). The van der Waals surface area contributed by atoms with Gasteiger partial charge in [0, 0.05) is 6.54 Å². The molecule has 0 aromatic carbocycles. The second-order valence-electron chi connectivity index (χ2n) is 1.78. The van der Waals surface area contributed by atoms with Crippen LogP contribution in [0.3, 0.4) is 0 Å². The first-order valence-electron chi connectivity index (χ1n) is 2.95. The predicted octanol–water partition coefficient (Wildman–Crippen LogP) is 2.01. The Kier molecular flexibility index (Phi) is 2.71. The predicted molar refractivity (Wildman–Crippen MR) is 44.5 cm³/mol. The Labute approximate surface area is 67.8 Å². The molecule has 54 valence electrons. The van der Waals surface area contributed by atoms with Gasteiger partial charge >= 0.3 is 0 Å². The van der Waals surface area contributed by atoms with E-state index in [1.807, 2.05) is 24.3 Å². The van der Waals surface area contributed by atoms with Gasteiger partial charge in [-0.15, -0.1) is 0 Å². The average Bonchev–Trinajstić information content (AvgIpc) is 2.31. The molecule has 0 bridgehead atoms. The van der Waals surface area contributed by atoms with Gasteiger partial charge < -0.3 is 10.2 Å². The van der Waals surface area contributed by atoms with Crippen LogP contribution in [-0.2, 0) is 0 Å². The van der Waals surface area contributed by atoms with E-state index < -0.39 is 0 Å². The summed E-state index contributed by atoms with van der Waals surface area (Å²) in [6.07, 6.45) is 3.68. The lowest BCUT2D eigenvalue weighted by molar-refractivity contribution is 0.531. The molecule has 10 heavy (non-hydrogen) atoms. The second kappa shape index (κ2) is 3.58. The molecule has 0 saturated carbocycles. The van der Waals surface area contributed by atoms with Crippen molar-refractivity contribution in [1.82, 2.24) is 0 Å². The smallest absolute Gasteiger partial charge is 0.169 e. The lowest BCUT2D eigenvalue weighted by Gasteiger charge is -1.81. The largest absolute Gasteiger partial charge is 0.450 e. The van der Waals surface area contributed by atoms with Crippen molar-refractivity contribution in [1.29, 1.82) is 0 Å². The minimum absolute atomic E-state index is 0.540. The standard InChI is InChI=1S/C7H8BrNO/c8-7-4-3-6(10-7)2-1-5-9/h1-4H,5,9H2/b2-1+. The van der Waals surface area contributed by atoms with Gasteiger partial charge in [0.15, 0.2) is 4.67 Å². The molecule has 1 heterocycles. The molecular formula is C7H8BrNO. The molecule has 2 N–H and O–H groups in total. The average molecular weight is 202 g/mol. The maximum Gasteiger partial charge on any atom is 0.169 e. The Morgan fingerprint density at radius 2 is 2.40 bits per heavy atom. The summed E-state index contributed by atoms with van der Waals surface area (Å²) in [6.45, 7) is 0.540. The molecule has 0 spiro atoms. The van der Waals surface area contributed by atoms with Crippen molar-refractivity contribution >= 4 is 22.0 Å². The van der Waals surface area contributed by atoms with Crippen molar-refractivity contribution in [2.24, 2.45) is 5.73 Å². The Morgan fingerprint density at radius 3 is 2.90 bits per heavy atom. The maximum atomic E-state index is 5.24. The monoisotopic (exact) mass is 201 g/mol. The van der Waals surface area contributed by atoms with Crippen LogP contribution in [0.1, 0.15) is 5.76 Å². The number of hydrogen-bond donors (Lipinski definition) is 1. The van der Waals surface area contributed by atoms with E-state index in [1.165, 1.54) is 0 Å². The Balaban J connectivity index is 2.67. The fourth-order valence-corrected chi connectivity index (χ4v) is 0.921. The highest BCUT2D eigenvalue weighted by Gasteiger charge is 1.91. The molecule has 0 atom stereocenters. The summed E-state index contributed by atoms with van der Waals surface area (Å²) < 4.78 is 5.90. The van der Waals surface area contributed by atoms with Crippen molar-refractivity contribution in [3.8, 4) is 0 Å². The highest BCUT2D eigenvalue weighted by atomic mass is 79.9. The van der Waals surface area contributed by atoms with Gasteiger partial charge in [0.1, 0.15) is 5.76 Å². The Bertz CT molecular complexity index is 229. The van der Waals surface area contributed by atoms with E-state index in [-0.39, 0.29) is 0 Å². The molecular weight excluding hydrogens is 194 g/mol. The van der Waals surface area contributed by atoms with E-state index in [4.69, 9.17) is 10.2 Å². The summed E-state index contributed by atoms with van der Waals surface area (Å²) in [6, 6.07) is 3.71. The molecule has 2 nitrogen and oxygen atoms in total. The number of furan rings is 1. The highest BCUT2D eigenvalue weighted by Crippen LogP contribution is 2.14. The molecule has 0 unspecified atom stereocenters. The number of nitrogens with two attached hydrogens (primary N) is 1. The van der Waals surface area contributed by atoms with E-state index >= 15 is 0 Å². The van der Waals surface area contributed by atoms with Gasteiger partial charge in [-0.1, -0.05) is 6.08 Å². The van der Waals surface area contributed by atoms with Gasteiger partial charge in [0.05, 0.1) is 0 Å². The van der Waals surface area contributed by atoms with Gasteiger partial charge in [-0.25, -0.2) is 0 Å². The minimum atomic E-state index is 0.540. The summed E-state index contributed by atoms with van der Waals surface area (Å²) in [5, 5.41) is 0. The first-order chi connectivity index (χ1) is 4.83. The lowest BCUT2D eigenvalue weighted by Crippen LogP contribution is -1.91. The molecule has 0 saturated heterocycles. The highest BCUT2D eigenvalue weighted by molar-refractivity contribution is 9.10. The van der Waals surface area contributed by atoms with Gasteiger partial charge in [0.25, 0.3) is 0 Å². The maximum absolute atomic E-state index is 5.24. The quantitative estimate of drug-likeness (QED) is 0.796. The summed E-state index contributed by atoms with van der Waals surface area (Å²) in [5.41, 5.74) is 5.24. The fourth-order valence-electron chi connectivity index (χ4n) is 0.602. The molecule has 3 heteroatoms. The van der Waals surface area contributed by atoms with Crippen LogP contribution in [0.4, 0.5) is 0 Å². The molecule has 0 aliphatic carbocycles. The number of halogens is 1. The lowest BCUT2D eigenvalue weighted by atomic mass is 10.4. The minimum Gasteiger partial charge on any atom is -0.450 e. The Morgan fingerprint density at radius 1 is 1.60 bits per heavy atom. The molecule has 0 aliphatic rings. The van der Waals surface area contributed by atoms with Crippen molar-refractivity contribution in [2.75, 3.05) is 6.54 Å². The van der Waals surface area contributed by atoms with E-state index in [2.05, 4.69) is 15.9 Å². The topological polar surface area (TPSA) is 39.2 Å². The SMILES string of the molecule is NC/C=C/c1ccc(Br)o1. The van der Waals surface area contributed by atoms with Crippen molar-refractivity contribution in [2.45, 2.75) is 0 Å². The van der Waals surface area contributed by atoms with Crippen molar-refractivity contribution in [3.05, 3.63) is 28.6 Å². The molecule has 0 aliphatic heterocycles. The van der Waals surface area contributed by atoms with Crippen LogP contribution in [0.15, 0.2) is 27.3 Å². The second-order valence-corrected chi connectivity index (χ2v) is 2.56.